The summed E-state index contributed by atoms with van der Waals surface area (Å²) in [4.78, 5) is 46.0. The number of methoxy groups -OCH3 is 1. The van der Waals surface area contributed by atoms with Crippen LogP contribution in [-0.2, 0) is 14.3 Å². The lowest BCUT2D eigenvalue weighted by Crippen LogP contribution is -2.52. The van der Waals surface area contributed by atoms with Crippen molar-refractivity contribution in [2.45, 2.75) is 37.5 Å². The number of halogens is 1. The molecule has 3 aliphatic rings. The second-order valence-corrected chi connectivity index (χ2v) is 13.1. The molecular weight excluding hydrogens is 625 g/mol. The zero-order valence-corrected chi connectivity index (χ0v) is 27.3. The first-order valence-electron chi connectivity index (χ1n) is 16.4. The minimum absolute atomic E-state index is 0.0764. The second-order valence-electron chi connectivity index (χ2n) is 13.1. The monoisotopic (exact) mass is 661 g/mol. The van der Waals surface area contributed by atoms with Gasteiger partial charge in [-0.1, -0.05) is 0 Å². The molecular formula is C36H36FN9O3. The van der Waals surface area contributed by atoms with Gasteiger partial charge in [0.25, 0.3) is 5.91 Å². The molecule has 13 heteroatoms. The average molecular weight is 662 g/mol. The van der Waals surface area contributed by atoms with Crippen LogP contribution in [0.2, 0.25) is 0 Å². The van der Waals surface area contributed by atoms with Crippen LogP contribution in [0, 0.1) is 12.7 Å². The molecule has 2 aromatic carbocycles. The summed E-state index contributed by atoms with van der Waals surface area (Å²) in [6.07, 6.45) is 5.49. The predicted octanol–water partition coefficient (Wildman–Crippen LogP) is 4.05. The first-order valence-corrected chi connectivity index (χ1v) is 16.4. The molecule has 0 radical (unpaired) electrons. The summed E-state index contributed by atoms with van der Waals surface area (Å²) in [5, 5.41) is 11.5. The van der Waals surface area contributed by atoms with E-state index in [-0.39, 0.29) is 30.4 Å². The third kappa shape index (κ3) is 5.78. The van der Waals surface area contributed by atoms with Gasteiger partial charge < -0.3 is 19.9 Å². The fourth-order valence-electron chi connectivity index (χ4n) is 7.52. The summed E-state index contributed by atoms with van der Waals surface area (Å²) < 4.78 is 19.1. The SMILES string of the molecule is COC1(C(=O)Nc2ccc3[nH]nc(-c4ccnc(C)c4)c3c2)CCN(CC(=O)N2C[C@H]3C[C@@H]2CN3c2ccc(-c3ncc(F)cn3)cc2)C1. The van der Waals surface area contributed by atoms with Gasteiger partial charge in [-0.3, -0.25) is 24.6 Å². The number of hydrogen-bond donors (Lipinski definition) is 2. The number of hydrogen-bond acceptors (Lipinski definition) is 9. The Hall–Kier alpha value is -5.27. The number of nitrogens with one attached hydrogen (secondary N) is 2. The Balaban J connectivity index is 0.882. The van der Waals surface area contributed by atoms with Crippen molar-refractivity contribution in [3.05, 3.63) is 84.7 Å². The Morgan fingerprint density at radius 3 is 2.57 bits per heavy atom. The van der Waals surface area contributed by atoms with Gasteiger partial charge in [-0.2, -0.15) is 5.10 Å². The Bertz CT molecular complexity index is 2040. The number of aromatic nitrogens is 5. The van der Waals surface area contributed by atoms with Crippen molar-refractivity contribution in [3.63, 3.8) is 0 Å². The Labute approximate surface area is 282 Å². The van der Waals surface area contributed by atoms with Crippen molar-refractivity contribution in [2.24, 2.45) is 0 Å². The Morgan fingerprint density at radius 2 is 1.84 bits per heavy atom. The van der Waals surface area contributed by atoms with Gasteiger partial charge in [-0.15, -0.1) is 0 Å². The van der Waals surface area contributed by atoms with Crippen molar-refractivity contribution in [1.82, 2.24) is 34.9 Å². The largest absolute Gasteiger partial charge is 0.367 e. The number of pyridine rings is 1. The van der Waals surface area contributed by atoms with E-state index >= 15 is 0 Å². The van der Waals surface area contributed by atoms with Crippen LogP contribution >= 0.6 is 0 Å². The number of aryl methyl sites for hydroxylation is 1. The van der Waals surface area contributed by atoms with E-state index in [9.17, 15) is 14.0 Å². The van der Waals surface area contributed by atoms with Gasteiger partial charge in [0, 0.05) is 79.1 Å². The molecule has 6 heterocycles. The lowest BCUT2D eigenvalue weighted by molar-refractivity contribution is -0.138. The molecule has 2 amide bonds. The number of carbonyl (C=O) groups is 2. The van der Waals surface area contributed by atoms with Gasteiger partial charge in [-0.25, -0.2) is 14.4 Å². The van der Waals surface area contributed by atoms with E-state index in [4.69, 9.17) is 4.74 Å². The number of likely N-dealkylation sites (tertiary alicyclic amines) is 2. The number of rotatable bonds is 8. The molecule has 3 fully saturated rings. The third-order valence-electron chi connectivity index (χ3n) is 10.1. The molecule has 3 atom stereocenters. The smallest absolute Gasteiger partial charge is 0.258 e. The van der Waals surface area contributed by atoms with Crippen molar-refractivity contribution in [3.8, 4) is 22.6 Å². The summed E-state index contributed by atoms with van der Waals surface area (Å²) in [5.41, 5.74) is 4.97. The van der Waals surface area contributed by atoms with Crippen LogP contribution in [0.25, 0.3) is 33.5 Å². The van der Waals surface area contributed by atoms with Gasteiger partial charge in [0.1, 0.15) is 5.69 Å². The molecule has 5 aromatic rings. The van der Waals surface area contributed by atoms with E-state index < -0.39 is 11.4 Å². The molecule has 3 saturated heterocycles. The van der Waals surface area contributed by atoms with Gasteiger partial charge in [0.15, 0.2) is 17.2 Å². The molecule has 3 aromatic heterocycles. The lowest BCUT2D eigenvalue weighted by Gasteiger charge is -2.36. The standard InChI is InChI=1S/C36H36FN9O3/c1-22-13-24(9-11-38-22)33-30-14-26(5-8-31(30)42-43-33)41-35(48)36(49-2)10-12-44(21-36)20-32(47)46-19-28-15-29(46)18-45(28)27-6-3-23(4-7-27)34-39-16-25(37)17-40-34/h3-9,11,13-14,16-17,28-29H,10,12,15,18-21H2,1-2H3,(H,41,48)(H,42,43)/t28-,29-,36?/m1/s1. The summed E-state index contributed by atoms with van der Waals surface area (Å²) >= 11 is 0. The number of H-pyrrole nitrogens is 1. The summed E-state index contributed by atoms with van der Waals surface area (Å²) in [5.74, 6) is -0.146. The molecule has 12 nitrogen and oxygen atoms in total. The number of anilines is 2. The topological polar surface area (TPSA) is 132 Å². The molecule has 2 N–H and O–H groups in total. The minimum Gasteiger partial charge on any atom is -0.367 e. The van der Waals surface area contributed by atoms with Crippen LogP contribution < -0.4 is 10.2 Å². The number of fused-ring (bicyclic) bond motifs is 3. The van der Waals surface area contributed by atoms with E-state index in [0.29, 0.717) is 37.6 Å². The maximum absolute atomic E-state index is 13.7. The van der Waals surface area contributed by atoms with Gasteiger partial charge in [-0.05, 0) is 74.4 Å². The van der Waals surface area contributed by atoms with Gasteiger partial charge in [0.05, 0.1) is 30.5 Å². The van der Waals surface area contributed by atoms with Crippen LogP contribution in [0.3, 0.4) is 0 Å². The van der Waals surface area contributed by atoms with Crippen molar-refractivity contribution >= 4 is 34.1 Å². The predicted molar refractivity (Wildman–Crippen MR) is 182 cm³/mol. The van der Waals surface area contributed by atoms with E-state index in [1.54, 1.807) is 13.3 Å². The highest BCUT2D eigenvalue weighted by Crippen LogP contribution is 2.36. The molecule has 49 heavy (non-hydrogen) atoms. The highest BCUT2D eigenvalue weighted by Gasteiger charge is 2.48. The zero-order valence-electron chi connectivity index (χ0n) is 27.3. The number of piperazine rings is 1. The molecule has 0 saturated carbocycles. The molecule has 250 valence electrons. The molecule has 0 spiro atoms. The van der Waals surface area contributed by atoms with E-state index in [2.05, 4.69) is 35.4 Å². The first-order chi connectivity index (χ1) is 23.8. The summed E-state index contributed by atoms with van der Waals surface area (Å²) in [6, 6.07) is 17.9. The third-order valence-corrected chi connectivity index (χ3v) is 10.1. The van der Waals surface area contributed by atoms with Crippen LogP contribution in [-0.4, -0.2) is 104 Å². The highest BCUT2D eigenvalue weighted by atomic mass is 19.1. The summed E-state index contributed by atoms with van der Waals surface area (Å²) in [6.45, 7) is 4.51. The fourth-order valence-corrected chi connectivity index (χ4v) is 7.52. The highest BCUT2D eigenvalue weighted by molar-refractivity contribution is 6.01. The maximum atomic E-state index is 13.7. The Kier molecular flexibility index (Phi) is 7.80. The zero-order chi connectivity index (χ0) is 33.7. The number of amides is 2. The van der Waals surface area contributed by atoms with Crippen LogP contribution in [0.5, 0.6) is 0 Å². The number of nitrogens with zero attached hydrogens (tertiary/aromatic N) is 7. The fraction of sp³-hybridized carbons (Fsp3) is 0.333. The molecule has 1 unspecified atom stereocenters. The van der Waals surface area contributed by atoms with E-state index in [0.717, 1.165) is 64.5 Å². The minimum atomic E-state index is -1.07. The van der Waals surface area contributed by atoms with Crippen LogP contribution in [0.15, 0.2) is 73.2 Å². The Morgan fingerprint density at radius 1 is 1.02 bits per heavy atom. The van der Waals surface area contributed by atoms with Crippen LogP contribution in [0.4, 0.5) is 15.8 Å². The van der Waals surface area contributed by atoms with Crippen molar-refractivity contribution in [1.29, 1.82) is 0 Å². The molecule has 0 aliphatic carbocycles. The lowest BCUT2D eigenvalue weighted by atomic mass is 10.0. The first kappa shape index (κ1) is 31.0. The normalized spacial score (nSPS) is 21.9. The summed E-state index contributed by atoms with van der Waals surface area (Å²) in [7, 11) is 1.56. The van der Waals surface area contributed by atoms with Crippen molar-refractivity contribution < 1.29 is 18.7 Å². The number of benzene rings is 2. The number of aromatic amines is 1. The van der Waals surface area contributed by atoms with Crippen LogP contribution in [0.1, 0.15) is 18.5 Å². The quantitative estimate of drug-likeness (QED) is 0.253. The average Bonchev–Trinajstić information content (AvgIpc) is 3.92. The van der Waals surface area contributed by atoms with Gasteiger partial charge in [0.2, 0.25) is 5.91 Å². The molecule has 3 aliphatic heterocycles. The van der Waals surface area contributed by atoms with E-state index in [1.807, 2.05) is 71.3 Å². The second kappa shape index (κ2) is 12.3. The number of ether oxygens (including phenoxy) is 1. The molecule has 2 bridgehead atoms. The van der Waals surface area contributed by atoms with E-state index in [1.165, 1.54) is 0 Å². The number of carbonyl (C=O) groups excluding carboxylic acids is 2. The maximum Gasteiger partial charge on any atom is 0.258 e. The van der Waals surface area contributed by atoms with Crippen molar-refractivity contribution in [2.75, 3.05) is 50.1 Å². The molecule has 8 rings (SSSR count). The van der Waals surface area contributed by atoms with Gasteiger partial charge >= 0.3 is 0 Å².